The maximum absolute atomic E-state index is 12.5. The number of fused-ring (bicyclic) bond motifs is 1. The fraction of sp³-hybridized carbons (Fsp3) is 0.174. The fourth-order valence-corrected chi connectivity index (χ4v) is 4.07. The van der Waals surface area contributed by atoms with E-state index in [4.69, 9.17) is 16.3 Å². The number of benzene rings is 2. The molecule has 0 saturated heterocycles. The van der Waals surface area contributed by atoms with E-state index < -0.39 is 5.97 Å². The lowest BCUT2D eigenvalue weighted by atomic mass is 10.1. The number of esters is 1. The molecule has 4 aromatic rings. The van der Waals surface area contributed by atoms with Crippen molar-refractivity contribution in [3.63, 3.8) is 0 Å². The molecule has 0 saturated carbocycles. The third-order valence-electron chi connectivity index (χ3n) is 4.60. The van der Waals surface area contributed by atoms with Gasteiger partial charge in [-0.3, -0.25) is 9.59 Å². The molecule has 2 aromatic carbocycles. The minimum Gasteiger partial charge on any atom is -0.456 e. The molecule has 0 atom stereocenters. The number of amides is 1. The summed E-state index contributed by atoms with van der Waals surface area (Å²) in [4.78, 5) is 42.1. The van der Waals surface area contributed by atoms with Crippen LogP contribution < -0.4 is 10.9 Å². The Balaban J connectivity index is 1.45. The minimum atomic E-state index is -0.608. The number of ether oxygens (including phenoxy) is 1. The molecule has 0 radical (unpaired) electrons. The summed E-state index contributed by atoms with van der Waals surface area (Å²) in [7, 11) is 0. The van der Waals surface area contributed by atoms with Crippen LogP contribution in [0.3, 0.4) is 0 Å². The largest absolute Gasteiger partial charge is 0.456 e. The molecule has 0 bridgehead atoms. The lowest BCUT2D eigenvalue weighted by Crippen LogP contribution is -2.17. The molecule has 0 fully saturated rings. The molecule has 2 aromatic heterocycles. The number of hydrogen-bond acceptors (Lipinski definition) is 7. The van der Waals surface area contributed by atoms with Gasteiger partial charge < -0.3 is 10.1 Å². The van der Waals surface area contributed by atoms with Crippen LogP contribution >= 0.6 is 22.9 Å². The van der Waals surface area contributed by atoms with Gasteiger partial charge in [-0.15, -0.1) is 0 Å². The normalized spacial score (nSPS) is 11.0. The number of anilines is 1. The summed E-state index contributed by atoms with van der Waals surface area (Å²) in [6.45, 7) is 3.80. The monoisotopic (exact) mass is 482 g/mol. The highest BCUT2D eigenvalue weighted by Crippen LogP contribution is 2.20. The summed E-state index contributed by atoms with van der Waals surface area (Å²) in [5.74, 6) is -0.793. The first-order valence-corrected chi connectivity index (χ1v) is 11.2. The fourth-order valence-electron chi connectivity index (χ4n) is 2.96. The van der Waals surface area contributed by atoms with Gasteiger partial charge in [-0.1, -0.05) is 48.9 Å². The Morgan fingerprint density at radius 3 is 2.64 bits per heavy atom. The first-order chi connectivity index (χ1) is 15.8. The first-order valence-electron chi connectivity index (χ1n) is 10.0. The molecule has 10 heteroatoms. The highest BCUT2D eigenvalue weighted by Gasteiger charge is 2.14. The average Bonchev–Trinajstić information content (AvgIpc) is 3.23. The molecule has 0 aliphatic rings. The molecule has 1 amide bonds. The summed E-state index contributed by atoms with van der Waals surface area (Å²) < 4.78 is 6.58. The molecule has 8 nitrogen and oxygen atoms in total. The Morgan fingerprint density at radius 2 is 1.88 bits per heavy atom. The number of nitrogens with one attached hydrogen (secondary N) is 1. The third-order valence-corrected chi connectivity index (χ3v) is 6.05. The summed E-state index contributed by atoms with van der Waals surface area (Å²) in [6.07, 6.45) is 0. The summed E-state index contributed by atoms with van der Waals surface area (Å²) >= 11 is 7.25. The minimum absolute atomic E-state index is 0.168. The van der Waals surface area contributed by atoms with Gasteiger partial charge in [0.25, 0.3) is 11.5 Å². The van der Waals surface area contributed by atoms with Crippen molar-refractivity contribution in [2.75, 3.05) is 5.32 Å². The van der Waals surface area contributed by atoms with Crippen molar-refractivity contribution in [2.45, 2.75) is 26.4 Å². The van der Waals surface area contributed by atoms with Gasteiger partial charge in [-0.05, 0) is 36.4 Å². The van der Waals surface area contributed by atoms with E-state index in [9.17, 15) is 14.4 Å². The lowest BCUT2D eigenvalue weighted by Gasteiger charge is -2.08. The number of carbonyl (C=O) groups is 2. The molecule has 4 rings (SSSR count). The molecule has 2 heterocycles. The van der Waals surface area contributed by atoms with Crippen LogP contribution in [0.5, 0.6) is 0 Å². The van der Waals surface area contributed by atoms with E-state index in [1.165, 1.54) is 28.0 Å². The summed E-state index contributed by atoms with van der Waals surface area (Å²) in [6, 6.07) is 14.2. The van der Waals surface area contributed by atoms with Crippen LogP contribution in [0, 0.1) is 0 Å². The van der Waals surface area contributed by atoms with Crippen molar-refractivity contribution < 1.29 is 14.3 Å². The van der Waals surface area contributed by atoms with Gasteiger partial charge in [0.2, 0.25) is 4.96 Å². The van der Waals surface area contributed by atoms with Gasteiger partial charge in [-0.25, -0.2) is 9.78 Å². The topological polar surface area (TPSA) is 103 Å². The van der Waals surface area contributed by atoms with E-state index in [2.05, 4.69) is 15.4 Å². The van der Waals surface area contributed by atoms with E-state index in [-0.39, 0.29) is 29.6 Å². The second kappa shape index (κ2) is 9.51. The third kappa shape index (κ3) is 5.27. The van der Waals surface area contributed by atoms with Gasteiger partial charge in [-0.2, -0.15) is 9.61 Å². The predicted molar refractivity (Wildman–Crippen MR) is 126 cm³/mol. The zero-order chi connectivity index (χ0) is 23.5. The highest BCUT2D eigenvalue weighted by atomic mass is 35.5. The molecule has 0 aliphatic heterocycles. The number of nitrogens with zero attached hydrogens (tertiary/aromatic N) is 3. The SMILES string of the molecule is CC(C)c1nn2c(=O)cc(COC(=O)c3cccc(NC(=O)c4cccc(Cl)c4)c3)nc2s1. The Bertz CT molecular complexity index is 1410. The highest BCUT2D eigenvalue weighted by molar-refractivity contribution is 7.16. The Kier molecular flexibility index (Phi) is 6.52. The van der Waals surface area contributed by atoms with Crippen molar-refractivity contribution in [3.8, 4) is 0 Å². The average molecular weight is 483 g/mol. The molecule has 1 N–H and O–H groups in total. The smallest absolute Gasteiger partial charge is 0.338 e. The van der Waals surface area contributed by atoms with Crippen LogP contribution in [-0.4, -0.2) is 26.5 Å². The number of hydrogen-bond donors (Lipinski definition) is 1. The van der Waals surface area contributed by atoms with Crippen molar-refractivity contribution in [2.24, 2.45) is 0 Å². The van der Waals surface area contributed by atoms with Gasteiger partial charge in [0, 0.05) is 28.3 Å². The van der Waals surface area contributed by atoms with E-state index in [0.717, 1.165) is 5.01 Å². The number of aromatic nitrogens is 3. The van der Waals surface area contributed by atoms with Gasteiger partial charge >= 0.3 is 5.97 Å². The molecular formula is C23H19ClN4O4S. The van der Waals surface area contributed by atoms with Crippen LogP contribution in [-0.2, 0) is 11.3 Å². The lowest BCUT2D eigenvalue weighted by molar-refractivity contribution is 0.0467. The second-order valence-electron chi connectivity index (χ2n) is 7.50. The van der Waals surface area contributed by atoms with Gasteiger partial charge in [0.1, 0.15) is 11.6 Å². The Hall–Kier alpha value is -3.56. The molecule has 0 spiro atoms. The van der Waals surface area contributed by atoms with Crippen molar-refractivity contribution in [1.82, 2.24) is 14.6 Å². The van der Waals surface area contributed by atoms with Crippen LogP contribution in [0.4, 0.5) is 5.69 Å². The van der Waals surface area contributed by atoms with Crippen LogP contribution in [0.1, 0.15) is 51.2 Å². The maximum Gasteiger partial charge on any atom is 0.338 e. The first kappa shape index (κ1) is 22.6. The second-order valence-corrected chi connectivity index (χ2v) is 8.92. The quantitative estimate of drug-likeness (QED) is 0.405. The molecular weight excluding hydrogens is 464 g/mol. The van der Waals surface area contributed by atoms with Crippen LogP contribution in [0.2, 0.25) is 5.02 Å². The van der Waals surface area contributed by atoms with Gasteiger partial charge in [0.15, 0.2) is 0 Å². The molecule has 33 heavy (non-hydrogen) atoms. The van der Waals surface area contributed by atoms with E-state index in [0.29, 0.717) is 26.9 Å². The molecule has 0 aliphatic carbocycles. The Labute approximate surface area is 197 Å². The number of rotatable bonds is 6. The van der Waals surface area contributed by atoms with Crippen LogP contribution in [0.25, 0.3) is 4.96 Å². The summed E-state index contributed by atoms with van der Waals surface area (Å²) in [5, 5.41) is 8.24. The van der Waals surface area contributed by atoms with E-state index in [1.807, 2.05) is 13.8 Å². The van der Waals surface area contributed by atoms with Gasteiger partial charge in [0.05, 0.1) is 11.3 Å². The zero-order valence-corrected chi connectivity index (χ0v) is 19.3. The van der Waals surface area contributed by atoms with Crippen molar-refractivity contribution >= 4 is 45.5 Å². The number of carbonyl (C=O) groups excluding carboxylic acids is 2. The van der Waals surface area contributed by atoms with Crippen LogP contribution in [0.15, 0.2) is 59.4 Å². The van der Waals surface area contributed by atoms with E-state index >= 15 is 0 Å². The number of halogens is 1. The zero-order valence-electron chi connectivity index (χ0n) is 17.7. The molecule has 0 unspecified atom stereocenters. The Morgan fingerprint density at radius 1 is 1.12 bits per heavy atom. The van der Waals surface area contributed by atoms with Crippen molar-refractivity contribution in [1.29, 1.82) is 0 Å². The standard InChI is InChI=1S/C23H19ClN4O4S/c1-13(2)21-27-28-19(29)11-18(26-23(28)33-21)12-32-22(31)15-6-4-8-17(10-15)25-20(30)14-5-3-7-16(24)9-14/h3-11,13H,12H2,1-2H3,(H,25,30). The van der Waals surface area contributed by atoms with E-state index in [1.54, 1.807) is 42.5 Å². The summed E-state index contributed by atoms with van der Waals surface area (Å²) in [5.41, 5.74) is 1.07. The van der Waals surface area contributed by atoms with Crippen molar-refractivity contribution in [3.05, 3.63) is 91.8 Å². The molecule has 168 valence electrons. The maximum atomic E-state index is 12.5. The predicted octanol–water partition coefficient (Wildman–Crippen LogP) is 4.54.